The fourth-order valence-electron chi connectivity index (χ4n) is 4.74. The van der Waals surface area contributed by atoms with E-state index in [0.717, 1.165) is 22.3 Å². The summed E-state index contributed by atoms with van der Waals surface area (Å²) in [6, 6.07) is 26.9. The van der Waals surface area contributed by atoms with E-state index in [1.807, 2.05) is 27.7 Å². The van der Waals surface area contributed by atoms with Crippen LogP contribution in [0.25, 0.3) is 0 Å². The molecule has 1 saturated heterocycles. The van der Waals surface area contributed by atoms with Gasteiger partial charge in [-0.3, -0.25) is 0 Å². The average molecular weight is 623 g/mol. The Kier molecular flexibility index (Phi) is 9.93. The van der Waals surface area contributed by atoms with Gasteiger partial charge in [0.05, 0.1) is 22.3 Å². The van der Waals surface area contributed by atoms with Gasteiger partial charge in [-0.1, -0.05) is 70.8 Å². The SMILES string of the molecule is Cc1ccc(C(=O)OC[C@H]2OC(OC(=O)c3ccc(C)cc3)[C@H](OC(=O)c3ccc(C)cc3)[C@@H]2OC(=O)c2ccc(C)cc2)cc1. The summed E-state index contributed by atoms with van der Waals surface area (Å²) >= 11 is 0. The van der Waals surface area contributed by atoms with Crippen LogP contribution in [-0.4, -0.2) is 55.1 Å². The smallest absolute Gasteiger partial charge is 0.340 e. The molecule has 1 aliphatic heterocycles. The summed E-state index contributed by atoms with van der Waals surface area (Å²) in [6.45, 7) is 7.14. The van der Waals surface area contributed by atoms with E-state index in [2.05, 4.69) is 0 Å². The van der Waals surface area contributed by atoms with Gasteiger partial charge in [0, 0.05) is 0 Å². The van der Waals surface area contributed by atoms with Crippen LogP contribution in [0.2, 0.25) is 0 Å². The lowest BCUT2D eigenvalue weighted by Crippen LogP contribution is -2.42. The van der Waals surface area contributed by atoms with Crippen LogP contribution in [0.1, 0.15) is 63.7 Å². The second-order valence-electron chi connectivity index (χ2n) is 11.3. The van der Waals surface area contributed by atoms with Crippen molar-refractivity contribution in [2.75, 3.05) is 6.61 Å². The summed E-state index contributed by atoms with van der Waals surface area (Å²) < 4.78 is 29.0. The Morgan fingerprint density at radius 1 is 0.478 bits per heavy atom. The molecule has 0 radical (unpaired) electrons. The Labute approximate surface area is 267 Å². The van der Waals surface area contributed by atoms with Crippen LogP contribution in [0.15, 0.2) is 97.1 Å². The molecule has 46 heavy (non-hydrogen) atoms. The molecule has 1 fully saturated rings. The summed E-state index contributed by atoms with van der Waals surface area (Å²) in [4.78, 5) is 52.7. The Morgan fingerprint density at radius 3 is 1.20 bits per heavy atom. The van der Waals surface area contributed by atoms with Gasteiger partial charge in [0.15, 0.2) is 6.10 Å². The first-order chi connectivity index (χ1) is 22.1. The monoisotopic (exact) mass is 622 g/mol. The zero-order valence-corrected chi connectivity index (χ0v) is 25.9. The van der Waals surface area contributed by atoms with Gasteiger partial charge in [-0.25, -0.2) is 19.2 Å². The minimum absolute atomic E-state index is 0.229. The summed E-state index contributed by atoms with van der Waals surface area (Å²) in [7, 11) is 0. The van der Waals surface area contributed by atoms with E-state index in [1.165, 1.54) is 0 Å². The van der Waals surface area contributed by atoms with Crippen molar-refractivity contribution in [1.82, 2.24) is 0 Å². The summed E-state index contributed by atoms with van der Waals surface area (Å²) in [5, 5.41) is 0. The van der Waals surface area contributed by atoms with Crippen LogP contribution in [-0.2, 0) is 23.7 Å². The van der Waals surface area contributed by atoms with Crippen molar-refractivity contribution in [3.05, 3.63) is 142 Å². The van der Waals surface area contributed by atoms with Crippen molar-refractivity contribution in [2.24, 2.45) is 0 Å². The third kappa shape index (κ3) is 7.86. The number of ether oxygens (including phenoxy) is 5. The zero-order chi connectivity index (χ0) is 32.8. The van der Waals surface area contributed by atoms with Crippen molar-refractivity contribution in [3.63, 3.8) is 0 Å². The van der Waals surface area contributed by atoms with Gasteiger partial charge >= 0.3 is 23.9 Å². The molecule has 0 saturated carbocycles. The number of carbonyl (C=O) groups excluding carboxylic acids is 4. The molecule has 236 valence electrons. The molecule has 4 atom stereocenters. The number of rotatable bonds is 9. The molecule has 0 spiro atoms. The minimum atomic E-state index is -1.50. The maximum atomic E-state index is 13.3. The lowest BCUT2D eigenvalue weighted by Gasteiger charge is -2.24. The fourth-order valence-corrected chi connectivity index (χ4v) is 4.74. The lowest BCUT2D eigenvalue weighted by atomic mass is 10.1. The van der Waals surface area contributed by atoms with Crippen molar-refractivity contribution >= 4 is 23.9 Å². The summed E-state index contributed by atoms with van der Waals surface area (Å²) in [5.74, 6) is -2.87. The minimum Gasteiger partial charge on any atom is -0.459 e. The highest BCUT2D eigenvalue weighted by atomic mass is 16.8. The van der Waals surface area contributed by atoms with Crippen LogP contribution in [0, 0.1) is 27.7 Å². The third-order valence-electron chi connectivity index (χ3n) is 7.50. The fraction of sp³-hybridized carbons (Fsp3) is 0.243. The molecule has 0 bridgehead atoms. The largest absolute Gasteiger partial charge is 0.459 e. The van der Waals surface area contributed by atoms with Crippen LogP contribution < -0.4 is 0 Å². The first-order valence-corrected chi connectivity index (χ1v) is 14.8. The first-order valence-electron chi connectivity index (χ1n) is 14.8. The van der Waals surface area contributed by atoms with E-state index in [4.69, 9.17) is 23.7 Å². The van der Waals surface area contributed by atoms with Crippen LogP contribution in [0.4, 0.5) is 0 Å². The Morgan fingerprint density at radius 2 is 0.804 bits per heavy atom. The maximum Gasteiger partial charge on any atom is 0.340 e. The van der Waals surface area contributed by atoms with E-state index in [1.54, 1.807) is 97.1 Å². The Bertz CT molecular complexity index is 1690. The number of benzene rings is 4. The topological polar surface area (TPSA) is 114 Å². The summed E-state index contributed by atoms with van der Waals surface area (Å²) in [6.07, 6.45) is -5.37. The highest BCUT2D eigenvalue weighted by Crippen LogP contribution is 2.31. The first kappa shape index (κ1) is 32.1. The van der Waals surface area contributed by atoms with E-state index in [9.17, 15) is 19.2 Å². The predicted molar refractivity (Wildman–Crippen MR) is 167 cm³/mol. The number of aryl methyl sites for hydroxylation is 4. The average Bonchev–Trinajstić information content (AvgIpc) is 3.35. The van der Waals surface area contributed by atoms with E-state index < -0.39 is 55.1 Å². The predicted octanol–water partition coefficient (Wildman–Crippen LogP) is 6.11. The molecule has 5 rings (SSSR count). The van der Waals surface area contributed by atoms with Gasteiger partial charge in [0.1, 0.15) is 12.7 Å². The second kappa shape index (κ2) is 14.2. The highest BCUT2D eigenvalue weighted by molar-refractivity contribution is 5.91. The molecule has 0 N–H and O–H groups in total. The van der Waals surface area contributed by atoms with Gasteiger partial charge in [0.2, 0.25) is 12.4 Å². The number of hydrogen-bond donors (Lipinski definition) is 0. The van der Waals surface area contributed by atoms with Crippen LogP contribution in [0.3, 0.4) is 0 Å². The van der Waals surface area contributed by atoms with Crippen molar-refractivity contribution in [1.29, 1.82) is 0 Å². The van der Waals surface area contributed by atoms with Crippen LogP contribution in [0.5, 0.6) is 0 Å². The number of esters is 4. The molecule has 1 heterocycles. The Hall–Kier alpha value is -5.28. The normalized spacial score (nSPS) is 18.8. The molecule has 1 unspecified atom stereocenters. The number of carbonyl (C=O) groups is 4. The van der Waals surface area contributed by atoms with Crippen LogP contribution >= 0.6 is 0 Å². The standard InChI is InChI=1S/C37H34O9/c1-22-5-13-26(14-6-22)33(38)42-21-30-31(44-34(39)27-15-7-23(2)8-16-27)32(45-35(40)28-17-9-24(3)10-18-28)37(43-30)46-36(41)29-19-11-25(4)12-20-29/h5-20,30-32,37H,21H2,1-4H3/t30-,31-,32-,37?/m1/s1. The Balaban J connectivity index is 1.45. The van der Waals surface area contributed by atoms with Gasteiger partial charge in [0.25, 0.3) is 0 Å². The van der Waals surface area contributed by atoms with E-state index in [0.29, 0.717) is 5.56 Å². The molecule has 1 aliphatic rings. The molecule has 9 heteroatoms. The lowest BCUT2D eigenvalue weighted by molar-refractivity contribution is -0.141. The van der Waals surface area contributed by atoms with E-state index >= 15 is 0 Å². The van der Waals surface area contributed by atoms with E-state index in [-0.39, 0.29) is 16.7 Å². The molecular formula is C37H34O9. The van der Waals surface area contributed by atoms with Crippen molar-refractivity contribution < 1.29 is 42.9 Å². The van der Waals surface area contributed by atoms with Crippen molar-refractivity contribution in [3.8, 4) is 0 Å². The molecule has 0 aromatic heterocycles. The third-order valence-corrected chi connectivity index (χ3v) is 7.50. The highest BCUT2D eigenvalue weighted by Gasteiger charge is 2.52. The molecule has 4 aromatic rings. The number of hydrogen-bond acceptors (Lipinski definition) is 9. The molecule has 0 aliphatic carbocycles. The maximum absolute atomic E-state index is 13.3. The summed E-state index contributed by atoms with van der Waals surface area (Å²) in [5.41, 5.74) is 4.80. The molecule has 4 aromatic carbocycles. The van der Waals surface area contributed by atoms with Gasteiger partial charge < -0.3 is 23.7 Å². The molecule has 9 nitrogen and oxygen atoms in total. The quantitative estimate of drug-likeness (QED) is 0.161. The van der Waals surface area contributed by atoms with Gasteiger partial charge in [-0.2, -0.15) is 0 Å². The van der Waals surface area contributed by atoms with Gasteiger partial charge in [-0.05, 0) is 76.2 Å². The molecular weight excluding hydrogens is 588 g/mol. The van der Waals surface area contributed by atoms with Gasteiger partial charge in [-0.15, -0.1) is 0 Å². The second-order valence-corrected chi connectivity index (χ2v) is 11.3. The van der Waals surface area contributed by atoms with Crippen molar-refractivity contribution in [2.45, 2.75) is 52.3 Å². The molecule has 0 amide bonds. The zero-order valence-electron chi connectivity index (χ0n) is 25.9.